The number of fused-ring (bicyclic) bond motifs is 2. The van der Waals surface area contributed by atoms with Crippen LogP contribution in [0.15, 0.2) is 54.9 Å². The van der Waals surface area contributed by atoms with Gasteiger partial charge in [-0.1, -0.05) is 12.1 Å². The molecule has 0 spiro atoms. The second-order valence-corrected chi connectivity index (χ2v) is 7.44. The quantitative estimate of drug-likeness (QED) is 0.735. The van der Waals surface area contributed by atoms with Crippen LogP contribution in [0.1, 0.15) is 15.9 Å². The lowest BCUT2D eigenvalue weighted by atomic mass is 10.0. The van der Waals surface area contributed by atoms with Crippen molar-refractivity contribution >= 4 is 17.1 Å². The van der Waals surface area contributed by atoms with Crippen molar-refractivity contribution in [2.45, 2.75) is 12.5 Å². The maximum Gasteiger partial charge on any atom is 0.253 e. The van der Waals surface area contributed by atoms with E-state index in [1.807, 2.05) is 41.1 Å². The van der Waals surface area contributed by atoms with Crippen molar-refractivity contribution in [3.63, 3.8) is 0 Å². The van der Waals surface area contributed by atoms with Gasteiger partial charge in [0.25, 0.3) is 5.91 Å². The third-order valence-electron chi connectivity index (χ3n) is 5.59. The van der Waals surface area contributed by atoms with Gasteiger partial charge in [0.1, 0.15) is 12.4 Å². The number of nitrogens with one attached hydrogen (secondary N) is 2. The van der Waals surface area contributed by atoms with Gasteiger partial charge in [-0.3, -0.25) is 4.79 Å². The summed E-state index contributed by atoms with van der Waals surface area (Å²) >= 11 is 0. The lowest BCUT2D eigenvalue weighted by Crippen LogP contribution is -2.44. The highest BCUT2D eigenvalue weighted by Crippen LogP contribution is 2.30. The van der Waals surface area contributed by atoms with Crippen LogP contribution in [-0.2, 0) is 6.42 Å². The summed E-state index contributed by atoms with van der Waals surface area (Å²) in [6.45, 7) is 4.56. The van der Waals surface area contributed by atoms with Crippen LogP contribution in [0, 0.1) is 0 Å². The van der Waals surface area contributed by atoms with Gasteiger partial charge in [0, 0.05) is 50.3 Å². The van der Waals surface area contributed by atoms with Gasteiger partial charge in [-0.2, -0.15) is 0 Å². The number of hydrogen-bond acceptors (Lipinski definition) is 4. The molecule has 0 unspecified atom stereocenters. The number of carbonyl (C=O) groups excluding carboxylic acids is 1. The molecule has 0 radical (unpaired) electrons. The van der Waals surface area contributed by atoms with E-state index in [2.05, 4.69) is 33.7 Å². The molecule has 1 atom stereocenters. The molecule has 0 saturated carbocycles. The Hall–Kier alpha value is -2.99. The van der Waals surface area contributed by atoms with Gasteiger partial charge in [0.05, 0.1) is 17.1 Å². The first-order valence-corrected chi connectivity index (χ1v) is 9.86. The molecule has 5 rings (SSSR count). The Bertz CT molecular complexity index is 1010. The predicted molar refractivity (Wildman–Crippen MR) is 109 cm³/mol. The monoisotopic (exact) mass is 376 g/mol. The first-order chi connectivity index (χ1) is 13.8. The van der Waals surface area contributed by atoms with E-state index in [0.717, 1.165) is 49.4 Å². The third-order valence-corrected chi connectivity index (χ3v) is 5.59. The molecular formula is C22H24N4O2. The normalized spacial score (nSPS) is 19.1. The van der Waals surface area contributed by atoms with E-state index in [4.69, 9.17) is 4.74 Å². The van der Waals surface area contributed by atoms with Crippen LogP contribution in [0.5, 0.6) is 5.75 Å². The van der Waals surface area contributed by atoms with Crippen molar-refractivity contribution in [3.05, 3.63) is 66.0 Å². The molecule has 144 valence electrons. The third kappa shape index (κ3) is 3.20. The van der Waals surface area contributed by atoms with Crippen LogP contribution in [0.3, 0.4) is 0 Å². The van der Waals surface area contributed by atoms with E-state index in [1.54, 1.807) is 0 Å². The molecule has 28 heavy (non-hydrogen) atoms. The molecule has 0 aliphatic carbocycles. The number of carbonyl (C=O) groups is 1. The maximum atomic E-state index is 12.8. The number of benzene rings is 1. The van der Waals surface area contributed by atoms with Crippen LogP contribution in [0.25, 0.3) is 5.52 Å². The van der Waals surface area contributed by atoms with Crippen LogP contribution >= 0.6 is 0 Å². The summed E-state index contributed by atoms with van der Waals surface area (Å²) in [5.41, 5.74) is 3.97. The van der Waals surface area contributed by atoms with Crippen molar-refractivity contribution < 1.29 is 9.53 Å². The fraction of sp³-hybridized carbons (Fsp3) is 0.318. The minimum absolute atomic E-state index is 0.0244. The molecule has 1 amide bonds. The molecule has 6 nitrogen and oxygen atoms in total. The van der Waals surface area contributed by atoms with Crippen molar-refractivity contribution in [3.8, 4) is 5.75 Å². The Balaban J connectivity index is 1.28. The molecule has 1 aromatic carbocycles. The minimum Gasteiger partial charge on any atom is -0.491 e. The van der Waals surface area contributed by atoms with Crippen LogP contribution in [0.2, 0.25) is 0 Å². The molecule has 2 N–H and O–H groups in total. The van der Waals surface area contributed by atoms with Gasteiger partial charge < -0.3 is 24.7 Å². The Labute approximate surface area is 164 Å². The van der Waals surface area contributed by atoms with E-state index in [-0.39, 0.29) is 11.9 Å². The number of ether oxygens (including phenoxy) is 1. The molecule has 1 saturated heterocycles. The zero-order chi connectivity index (χ0) is 18.9. The van der Waals surface area contributed by atoms with Crippen molar-refractivity contribution in [1.82, 2.24) is 15.0 Å². The van der Waals surface area contributed by atoms with E-state index in [9.17, 15) is 4.79 Å². The maximum absolute atomic E-state index is 12.8. The van der Waals surface area contributed by atoms with Gasteiger partial charge in [-0.15, -0.1) is 0 Å². The molecule has 2 aliphatic rings. The fourth-order valence-corrected chi connectivity index (χ4v) is 4.08. The van der Waals surface area contributed by atoms with Gasteiger partial charge >= 0.3 is 0 Å². The molecule has 2 aromatic heterocycles. The van der Waals surface area contributed by atoms with Gasteiger partial charge in [-0.25, -0.2) is 0 Å². The summed E-state index contributed by atoms with van der Waals surface area (Å²) in [4.78, 5) is 15.1. The number of hydrogen-bond donors (Lipinski definition) is 2. The van der Waals surface area contributed by atoms with E-state index in [1.165, 1.54) is 5.69 Å². The second kappa shape index (κ2) is 7.20. The van der Waals surface area contributed by atoms with Crippen molar-refractivity contribution in [2.24, 2.45) is 0 Å². The minimum atomic E-state index is -0.0526. The summed E-state index contributed by atoms with van der Waals surface area (Å²) in [6.07, 6.45) is 4.64. The number of amides is 1. The summed E-state index contributed by atoms with van der Waals surface area (Å²) in [6, 6.07) is 14.1. The van der Waals surface area contributed by atoms with Gasteiger partial charge in [0.2, 0.25) is 0 Å². The topological polar surface area (TPSA) is 58.0 Å². The highest BCUT2D eigenvalue weighted by Gasteiger charge is 2.24. The van der Waals surface area contributed by atoms with E-state index in [0.29, 0.717) is 12.2 Å². The molecule has 3 aromatic rings. The summed E-state index contributed by atoms with van der Waals surface area (Å²) in [7, 11) is 0. The highest BCUT2D eigenvalue weighted by molar-refractivity contribution is 6.01. The molecule has 4 heterocycles. The number of pyridine rings is 1. The Morgan fingerprint density at radius 1 is 1.11 bits per heavy atom. The molecule has 0 bridgehead atoms. The SMILES string of the molecule is O=C(N[C@H]1COc2cc(N3CCNCC3)ccc2C1)c1ccn2ccccc12. The number of piperazine rings is 1. The second-order valence-electron chi connectivity index (χ2n) is 7.44. The lowest BCUT2D eigenvalue weighted by Gasteiger charge is -2.31. The average Bonchev–Trinajstić information content (AvgIpc) is 3.18. The summed E-state index contributed by atoms with van der Waals surface area (Å²) < 4.78 is 7.97. The number of nitrogens with zero attached hydrogens (tertiary/aromatic N) is 2. The number of anilines is 1. The first-order valence-electron chi connectivity index (χ1n) is 9.86. The smallest absolute Gasteiger partial charge is 0.253 e. The first kappa shape index (κ1) is 17.1. The summed E-state index contributed by atoms with van der Waals surface area (Å²) in [5.74, 6) is 0.888. The lowest BCUT2D eigenvalue weighted by molar-refractivity contribution is 0.0917. The van der Waals surface area contributed by atoms with Gasteiger partial charge in [-0.05, 0) is 36.2 Å². The molecular weight excluding hydrogens is 352 g/mol. The van der Waals surface area contributed by atoms with E-state index >= 15 is 0 Å². The molecule has 1 fully saturated rings. The number of rotatable bonds is 3. The standard InChI is InChI=1S/C22H24N4O2/c27-22(19-6-10-26-9-2-1-3-20(19)26)24-17-13-16-4-5-18(14-21(16)28-15-17)25-11-7-23-8-12-25/h1-6,9-10,14,17,23H,7-8,11-13,15H2,(H,24,27)/t17-/m1/s1. The Morgan fingerprint density at radius 2 is 2.00 bits per heavy atom. The summed E-state index contributed by atoms with van der Waals surface area (Å²) in [5, 5.41) is 6.52. The van der Waals surface area contributed by atoms with Crippen molar-refractivity contribution in [1.29, 1.82) is 0 Å². The van der Waals surface area contributed by atoms with Crippen LogP contribution in [-0.4, -0.2) is 49.1 Å². The Morgan fingerprint density at radius 3 is 2.89 bits per heavy atom. The predicted octanol–water partition coefficient (Wildman–Crippen LogP) is 2.08. The highest BCUT2D eigenvalue weighted by atomic mass is 16.5. The largest absolute Gasteiger partial charge is 0.491 e. The van der Waals surface area contributed by atoms with Crippen LogP contribution < -0.4 is 20.3 Å². The number of aromatic nitrogens is 1. The average molecular weight is 376 g/mol. The zero-order valence-electron chi connectivity index (χ0n) is 15.7. The fourth-order valence-electron chi connectivity index (χ4n) is 4.08. The Kier molecular flexibility index (Phi) is 4.41. The van der Waals surface area contributed by atoms with Gasteiger partial charge in [0.15, 0.2) is 0 Å². The van der Waals surface area contributed by atoms with Crippen LogP contribution in [0.4, 0.5) is 5.69 Å². The van der Waals surface area contributed by atoms with E-state index < -0.39 is 0 Å². The molecule has 2 aliphatic heterocycles. The van der Waals surface area contributed by atoms with Crippen molar-refractivity contribution in [2.75, 3.05) is 37.7 Å². The molecule has 6 heteroatoms. The zero-order valence-corrected chi connectivity index (χ0v) is 15.7.